The molecule has 0 unspecified atom stereocenters. The normalized spacial score (nSPS) is 12.5. The Kier molecular flexibility index (Phi) is 18.8. The van der Waals surface area contributed by atoms with Crippen molar-refractivity contribution in [3.8, 4) is 9.75 Å². The first-order valence-electron chi connectivity index (χ1n) is 18.3. The topological polar surface area (TPSA) is 0 Å². The van der Waals surface area contributed by atoms with Gasteiger partial charge in [0.1, 0.15) is 0 Å². The van der Waals surface area contributed by atoms with Crippen molar-refractivity contribution in [2.45, 2.75) is 194 Å². The third-order valence-corrected chi connectivity index (χ3v) is 18.6. The fourth-order valence-corrected chi connectivity index (χ4v) is 12.4. The van der Waals surface area contributed by atoms with Crippen LogP contribution in [0.3, 0.4) is 0 Å². The van der Waals surface area contributed by atoms with E-state index in [2.05, 4.69) is 87.9 Å². The summed E-state index contributed by atoms with van der Waals surface area (Å²) in [5.74, 6) is 0. The van der Waals surface area contributed by atoms with E-state index in [-0.39, 0.29) is 0 Å². The molecule has 2 rings (SSSR count). The highest BCUT2D eigenvalue weighted by Gasteiger charge is 2.26. The maximum absolute atomic E-state index is 2.66. The van der Waals surface area contributed by atoms with Crippen molar-refractivity contribution < 1.29 is 0 Å². The Morgan fingerprint density at radius 2 is 0.667 bits per heavy atom. The second kappa shape index (κ2) is 20.8. The zero-order valence-corrected chi connectivity index (χ0v) is 33.2. The van der Waals surface area contributed by atoms with Crippen LogP contribution in [0.15, 0.2) is 12.1 Å². The third-order valence-electron chi connectivity index (χ3n) is 8.90. The summed E-state index contributed by atoms with van der Waals surface area (Å²) in [5, 5.41) is 0. The van der Waals surface area contributed by atoms with Crippen molar-refractivity contribution >= 4 is 47.8 Å². The molecule has 0 nitrogen and oxygen atoms in total. The molecule has 0 fully saturated rings. The standard InChI is InChI=1S/C38H70S2Si2/c1-9-11-13-15-17-19-21-23-25-27-29-33-31-35(41(3,4)5)39-37(33)38-34(32-36(40-38)42(6,7)8)30-28-26-24-22-20-18-16-14-12-10-2/h31-32H,9-30H2,1-8H3. The van der Waals surface area contributed by atoms with Crippen molar-refractivity contribution in [2.75, 3.05) is 0 Å². The largest absolute Gasteiger partial charge is 0.144 e. The predicted octanol–water partition coefficient (Wildman–Crippen LogP) is 13.5. The monoisotopic (exact) mass is 646 g/mol. The minimum Gasteiger partial charge on any atom is -0.144 e. The van der Waals surface area contributed by atoms with E-state index in [1.165, 1.54) is 141 Å². The quantitative estimate of drug-likeness (QED) is 0.0743. The van der Waals surface area contributed by atoms with Gasteiger partial charge in [-0.2, -0.15) is 0 Å². The van der Waals surface area contributed by atoms with Gasteiger partial charge in [0.05, 0.1) is 16.1 Å². The third kappa shape index (κ3) is 14.7. The lowest BCUT2D eigenvalue weighted by atomic mass is 10.0. The molecule has 0 saturated carbocycles. The molecule has 0 aliphatic heterocycles. The van der Waals surface area contributed by atoms with Gasteiger partial charge in [-0.15, -0.1) is 22.7 Å². The van der Waals surface area contributed by atoms with E-state index in [1.54, 1.807) is 29.9 Å². The number of unbranched alkanes of at least 4 members (excludes halogenated alkanes) is 18. The van der Waals surface area contributed by atoms with Gasteiger partial charge in [-0.25, -0.2) is 0 Å². The van der Waals surface area contributed by atoms with Crippen LogP contribution < -0.4 is 9.00 Å². The van der Waals surface area contributed by atoms with Crippen molar-refractivity contribution in [3.05, 3.63) is 23.3 Å². The molecule has 0 aromatic carbocycles. The summed E-state index contributed by atoms with van der Waals surface area (Å²) < 4.78 is 3.43. The molecule has 0 aliphatic rings. The van der Waals surface area contributed by atoms with Crippen LogP contribution in [0, 0.1) is 0 Å². The van der Waals surface area contributed by atoms with Crippen molar-refractivity contribution in [3.63, 3.8) is 0 Å². The highest BCUT2D eigenvalue weighted by Crippen LogP contribution is 2.38. The molecule has 42 heavy (non-hydrogen) atoms. The summed E-state index contributed by atoms with van der Waals surface area (Å²) in [6, 6.07) is 5.33. The number of thiophene rings is 2. The van der Waals surface area contributed by atoms with Crippen LogP contribution >= 0.6 is 22.7 Å². The average molecular weight is 647 g/mol. The van der Waals surface area contributed by atoms with Gasteiger partial charge in [0.2, 0.25) is 0 Å². The molecule has 2 aromatic heterocycles. The lowest BCUT2D eigenvalue weighted by Crippen LogP contribution is -2.34. The number of rotatable bonds is 25. The smallest absolute Gasteiger partial charge is 0.0904 e. The Balaban J connectivity index is 2.01. The number of hydrogen-bond donors (Lipinski definition) is 0. The van der Waals surface area contributed by atoms with Crippen molar-refractivity contribution in [1.29, 1.82) is 0 Å². The lowest BCUT2D eigenvalue weighted by Gasteiger charge is -2.12. The van der Waals surface area contributed by atoms with Gasteiger partial charge in [-0.3, -0.25) is 0 Å². The van der Waals surface area contributed by atoms with E-state index >= 15 is 0 Å². The first-order valence-corrected chi connectivity index (χ1v) is 27.0. The second-order valence-corrected chi connectivity index (χ2v) is 28.2. The predicted molar refractivity (Wildman–Crippen MR) is 205 cm³/mol. The molecule has 0 atom stereocenters. The average Bonchev–Trinajstić information content (AvgIpc) is 3.55. The molecule has 242 valence electrons. The van der Waals surface area contributed by atoms with E-state index in [0.717, 1.165) is 0 Å². The molecule has 0 saturated heterocycles. The minimum atomic E-state index is -1.33. The summed E-state index contributed by atoms with van der Waals surface area (Å²) in [7, 11) is -2.65. The van der Waals surface area contributed by atoms with Gasteiger partial charge < -0.3 is 0 Å². The molecule has 0 aliphatic carbocycles. The van der Waals surface area contributed by atoms with E-state index in [4.69, 9.17) is 0 Å². The van der Waals surface area contributed by atoms with Gasteiger partial charge in [0.15, 0.2) is 0 Å². The van der Waals surface area contributed by atoms with Crippen molar-refractivity contribution in [1.82, 2.24) is 0 Å². The number of hydrogen-bond acceptors (Lipinski definition) is 2. The Morgan fingerprint density at radius 3 is 0.929 bits per heavy atom. The summed E-state index contributed by atoms with van der Waals surface area (Å²) in [6.45, 7) is 19.9. The zero-order valence-electron chi connectivity index (χ0n) is 29.5. The number of aryl methyl sites for hydroxylation is 2. The second-order valence-electron chi connectivity index (χ2n) is 15.3. The minimum absolute atomic E-state index is 1.28. The van der Waals surface area contributed by atoms with E-state index in [1.807, 2.05) is 0 Å². The maximum atomic E-state index is 2.66. The van der Waals surface area contributed by atoms with Gasteiger partial charge >= 0.3 is 0 Å². The molecule has 0 N–H and O–H groups in total. The molecule has 0 radical (unpaired) electrons. The Hall–Kier alpha value is -0.166. The molecule has 2 aromatic rings. The van der Waals surface area contributed by atoms with Crippen molar-refractivity contribution in [2.24, 2.45) is 0 Å². The first kappa shape index (κ1) is 38.0. The fourth-order valence-electron chi connectivity index (χ4n) is 5.96. The molecule has 4 heteroatoms. The van der Waals surface area contributed by atoms with Crippen LogP contribution in [0.5, 0.6) is 0 Å². The SMILES string of the molecule is CCCCCCCCCCCCc1cc([Si](C)(C)C)sc1-c1sc([Si](C)(C)C)cc1CCCCCCCCCCCC. The molecule has 0 spiro atoms. The molecular formula is C38H70S2Si2. The molecule has 0 bridgehead atoms. The van der Waals surface area contributed by atoms with Crippen LogP contribution in [-0.2, 0) is 12.8 Å². The van der Waals surface area contributed by atoms with Crippen LogP contribution in [0.2, 0.25) is 39.3 Å². The van der Waals surface area contributed by atoms with Gasteiger partial charge in [0, 0.05) is 9.75 Å². The summed E-state index contributed by atoms with van der Waals surface area (Å²) in [4.78, 5) is 3.33. The van der Waals surface area contributed by atoms with E-state index in [0.29, 0.717) is 0 Å². The maximum Gasteiger partial charge on any atom is 0.0904 e. The molecular weight excluding hydrogens is 577 g/mol. The highest BCUT2D eigenvalue weighted by atomic mass is 32.1. The Morgan fingerprint density at radius 1 is 0.405 bits per heavy atom. The first-order chi connectivity index (χ1) is 20.1. The van der Waals surface area contributed by atoms with Gasteiger partial charge in [0.25, 0.3) is 0 Å². The summed E-state index contributed by atoms with van der Waals surface area (Å²) in [6.07, 6.45) is 31.0. The fraction of sp³-hybridized carbons (Fsp3) is 0.789. The van der Waals surface area contributed by atoms with Crippen LogP contribution in [-0.4, -0.2) is 16.1 Å². The van der Waals surface area contributed by atoms with E-state index in [9.17, 15) is 0 Å². The molecule has 2 heterocycles. The zero-order chi connectivity index (χ0) is 30.8. The van der Waals surface area contributed by atoms with Crippen LogP contribution in [0.1, 0.15) is 153 Å². The van der Waals surface area contributed by atoms with E-state index < -0.39 is 16.1 Å². The highest BCUT2D eigenvalue weighted by molar-refractivity contribution is 7.34. The van der Waals surface area contributed by atoms with Crippen LogP contribution in [0.25, 0.3) is 9.75 Å². The summed E-state index contributed by atoms with van der Waals surface area (Å²) >= 11 is 4.37. The van der Waals surface area contributed by atoms with Gasteiger partial charge in [-0.05, 0) is 57.9 Å². The lowest BCUT2D eigenvalue weighted by molar-refractivity contribution is 0.556. The van der Waals surface area contributed by atoms with Gasteiger partial charge in [-0.1, -0.05) is 169 Å². The molecule has 0 amide bonds. The van der Waals surface area contributed by atoms with Crippen LogP contribution in [0.4, 0.5) is 0 Å². The Labute approximate surface area is 273 Å². The Bertz CT molecular complexity index is 879. The summed E-state index contributed by atoms with van der Waals surface area (Å²) in [5.41, 5.74) is 3.37.